The lowest BCUT2D eigenvalue weighted by molar-refractivity contribution is -0.137. The minimum Gasteiger partial charge on any atom is -0.481 e. The summed E-state index contributed by atoms with van der Waals surface area (Å²) >= 11 is 0. The number of carbonyl (C=O) groups is 2. The van der Waals surface area contributed by atoms with Gasteiger partial charge in [-0.25, -0.2) is 4.79 Å². The van der Waals surface area contributed by atoms with E-state index in [-0.39, 0.29) is 24.7 Å². The van der Waals surface area contributed by atoms with Gasteiger partial charge in [0.15, 0.2) is 0 Å². The molecule has 2 atom stereocenters. The normalized spacial score (nSPS) is 23.2. The lowest BCUT2D eigenvalue weighted by atomic mass is 10.2. The second-order valence-electron chi connectivity index (χ2n) is 5.10. The van der Waals surface area contributed by atoms with Crippen LogP contribution < -0.4 is 5.32 Å². The summed E-state index contributed by atoms with van der Waals surface area (Å²) in [4.78, 5) is 24.0. The molecule has 19 heavy (non-hydrogen) atoms. The van der Waals surface area contributed by atoms with E-state index < -0.39 is 5.97 Å². The Balaban J connectivity index is 2.12. The Kier molecular flexibility index (Phi) is 6.62. The van der Waals surface area contributed by atoms with Gasteiger partial charge in [-0.1, -0.05) is 6.42 Å². The second-order valence-corrected chi connectivity index (χ2v) is 5.10. The number of urea groups is 1. The average molecular weight is 272 g/mol. The molecule has 110 valence electrons. The molecule has 0 aromatic carbocycles. The monoisotopic (exact) mass is 272 g/mol. The highest BCUT2D eigenvalue weighted by Crippen LogP contribution is 2.10. The summed E-state index contributed by atoms with van der Waals surface area (Å²) in [6.45, 7) is 5.76. The van der Waals surface area contributed by atoms with Crippen LogP contribution in [0.1, 0.15) is 39.5 Å². The van der Waals surface area contributed by atoms with Crippen LogP contribution in [0.25, 0.3) is 0 Å². The van der Waals surface area contributed by atoms with Crippen LogP contribution in [0.5, 0.6) is 0 Å². The number of ether oxygens (including phenoxy) is 1. The van der Waals surface area contributed by atoms with E-state index in [1.807, 2.05) is 13.8 Å². The molecule has 2 amide bonds. The Bertz CT molecular complexity index is 299. The number of hydrogen-bond acceptors (Lipinski definition) is 3. The standard InChI is InChI=1S/C13H24N2O4/c1-10-8-15(9-11(2)19-10)13(18)14-7-5-3-4-6-12(16)17/h10-11H,3-9H2,1-2H3,(H,14,18)(H,16,17)/t10-,11+. The molecular weight excluding hydrogens is 248 g/mol. The first-order valence-corrected chi connectivity index (χ1v) is 6.89. The Hall–Kier alpha value is -1.30. The predicted molar refractivity (Wildman–Crippen MR) is 71.1 cm³/mol. The largest absolute Gasteiger partial charge is 0.481 e. The summed E-state index contributed by atoms with van der Waals surface area (Å²) in [7, 11) is 0. The van der Waals surface area contributed by atoms with Crippen molar-refractivity contribution < 1.29 is 19.4 Å². The average Bonchev–Trinajstić information content (AvgIpc) is 2.31. The maximum Gasteiger partial charge on any atom is 0.317 e. The van der Waals surface area contributed by atoms with E-state index in [0.717, 1.165) is 12.8 Å². The number of nitrogens with zero attached hydrogens (tertiary/aromatic N) is 1. The van der Waals surface area contributed by atoms with E-state index in [2.05, 4.69) is 5.32 Å². The zero-order valence-corrected chi connectivity index (χ0v) is 11.7. The van der Waals surface area contributed by atoms with Gasteiger partial charge in [0.2, 0.25) is 0 Å². The van der Waals surface area contributed by atoms with E-state index in [9.17, 15) is 9.59 Å². The summed E-state index contributed by atoms with van der Waals surface area (Å²) in [5, 5.41) is 11.4. The summed E-state index contributed by atoms with van der Waals surface area (Å²) < 4.78 is 5.57. The van der Waals surface area contributed by atoms with Gasteiger partial charge in [0, 0.05) is 26.1 Å². The molecule has 1 rings (SSSR count). The number of unbranched alkanes of at least 4 members (excludes halogenated alkanes) is 2. The molecule has 0 aliphatic carbocycles. The Morgan fingerprint density at radius 1 is 1.21 bits per heavy atom. The fraction of sp³-hybridized carbons (Fsp3) is 0.846. The second kappa shape index (κ2) is 7.99. The molecule has 0 aromatic rings. The maximum atomic E-state index is 11.9. The van der Waals surface area contributed by atoms with Crippen LogP contribution in [0.2, 0.25) is 0 Å². The number of rotatable bonds is 6. The van der Waals surface area contributed by atoms with Gasteiger partial charge in [-0.3, -0.25) is 4.79 Å². The van der Waals surface area contributed by atoms with E-state index >= 15 is 0 Å². The Labute approximate surface area is 114 Å². The highest BCUT2D eigenvalue weighted by molar-refractivity contribution is 5.74. The Morgan fingerprint density at radius 2 is 1.84 bits per heavy atom. The molecule has 0 spiro atoms. The van der Waals surface area contributed by atoms with Crippen molar-refractivity contribution in [1.29, 1.82) is 0 Å². The van der Waals surface area contributed by atoms with E-state index in [1.165, 1.54) is 0 Å². The molecule has 0 radical (unpaired) electrons. The molecular formula is C13H24N2O4. The van der Waals surface area contributed by atoms with Crippen molar-refractivity contribution in [1.82, 2.24) is 10.2 Å². The van der Waals surface area contributed by atoms with Crippen molar-refractivity contribution in [2.75, 3.05) is 19.6 Å². The van der Waals surface area contributed by atoms with E-state index in [0.29, 0.717) is 26.1 Å². The number of amides is 2. The molecule has 0 aromatic heterocycles. The molecule has 1 saturated heterocycles. The zero-order chi connectivity index (χ0) is 14.3. The lowest BCUT2D eigenvalue weighted by Gasteiger charge is -2.35. The third-order valence-corrected chi connectivity index (χ3v) is 3.05. The molecule has 0 unspecified atom stereocenters. The van der Waals surface area contributed by atoms with Crippen LogP contribution in [0.4, 0.5) is 4.79 Å². The number of aliphatic carboxylic acids is 1. The molecule has 1 fully saturated rings. The molecule has 6 heteroatoms. The number of nitrogens with one attached hydrogen (secondary N) is 1. The summed E-state index contributed by atoms with van der Waals surface area (Å²) in [5.41, 5.74) is 0. The number of carboxylic acids is 1. The molecule has 2 N–H and O–H groups in total. The van der Waals surface area contributed by atoms with Crippen molar-refractivity contribution in [3.8, 4) is 0 Å². The van der Waals surface area contributed by atoms with Gasteiger partial charge in [-0.2, -0.15) is 0 Å². The summed E-state index contributed by atoms with van der Waals surface area (Å²) in [5.74, 6) is -0.764. The molecule has 1 aliphatic rings. The highest BCUT2D eigenvalue weighted by atomic mass is 16.5. The van der Waals surface area contributed by atoms with Crippen molar-refractivity contribution in [3.63, 3.8) is 0 Å². The van der Waals surface area contributed by atoms with Crippen LogP contribution >= 0.6 is 0 Å². The van der Waals surface area contributed by atoms with Gasteiger partial charge in [0.05, 0.1) is 12.2 Å². The van der Waals surface area contributed by atoms with Crippen LogP contribution in [0, 0.1) is 0 Å². The number of carbonyl (C=O) groups excluding carboxylic acids is 1. The van der Waals surface area contributed by atoms with Crippen LogP contribution in [-0.4, -0.2) is 53.8 Å². The zero-order valence-electron chi connectivity index (χ0n) is 11.7. The predicted octanol–water partition coefficient (Wildman–Crippen LogP) is 1.45. The van der Waals surface area contributed by atoms with Gasteiger partial charge in [-0.05, 0) is 26.7 Å². The maximum absolute atomic E-state index is 11.9. The SMILES string of the molecule is C[C@@H]1CN(C(=O)NCCCCCC(=O)O)C[C@H](C)O1. The van der Waals surface area contributed by atoms with E-state index in [4.69, 9.17) is 9.84 Å². The number of hydrogen-bond donors (Lipinski definition) is 2. The fourth-order valence-electron chi connectivity index (χ4n) is 2.23. The van der Waals surface area contributed by atoms with Gasteiger partial charge < -0.3 is 20.1 Å². The first-order valence-electron chi connectivity index (χ1n) is 6.89. The first-order chi connectivity index (χ1) is 8.99. The van der Waals surface area contributed by atoms with Crippen molar-refractivity contribution in [2.45, 2.75) is 51.7 Å². The van der Waals surface area contributed by atoms with Gasteiger partial charge in [0.1, 0.15) is 0 Å². The number of carboxylic acid groups (broad SMARTS) is 1. The summed E-state index contributed by atoms with van der Waals surface area (Å²) in [6.07, 6.45) is 2.65. The van der Waals surface area contributed by atoms with Crippen molar-refractivity contribution in [2.24, 2.45) is 0 Å². The van der Waals surface area contributed by atoms with Crippen LogP contribution in [0.3, 0.4) is 0 Å². The molecule has 1 heterocycles. The number of morpholine rings is 1. The third kappa shape index (κ3) is 6.42. The molecule has 6 nitrogen and oxygen atoms in total. The molecule has 1 aliphatic heterocycles. The summed E-state index contributed by atoms with van der Waals surface area (Å²) in [6, 6.07) is -0.0553. The van der Waals surface area contributed by atoms with Gasteiger partial charge in [0.25, 0.3) is 0 Å². The van der Waals surface area contributed by atoms with Gasteiger partial charge >= 0.3 is 12.0 Å². The Morgan fingerprint density at radius 3 is 2.42 bits per heavy atom. The first kappa shape index (κ1) is 15.8. The lowest BCUT2D eigenvalue weighted by Crippen LogP contribution is -2.51. The molecule has 0 bridgehead atoms. The van der Waals surface area contributed by atoms with Crippen LogP contribution in [0.15, 0.2) is 0 Å². The van der Waals surface area contributed by atoms with E-state index in [1.54, 1.807) is 4.90 Å². The minimum absolute atomic E-state index is 0.0553. The minimum atomic E-state index is -0.764. The van der Waals surface area contributed by atoms with Gasteiger partial charge in [-0.15, -0.1) is 0 Å². The third-order valence-electron chi connectivity index (χ3n) is 3.05. The highest BCUT2D eigenvalue weighted by Gasteiger charge is 2.25. The van der Waals surface area contributed by atoms with Crippen LogP contribution in [-0.2, 0) is 9.53 Å². The topological polar surface area (TPSA) is 78.9 Å². The quantitative estimate of drug-likeness (QED) is 0.717. The molecule has 0 saturated carbocycles. The fourth-order valence-corrected chi connectivity index (χ4v) is 2.23. The van der Waals surface area contributed by atoms with Crippen molar-refractivity contribution >= 4 is 12.0 Å². The smallest absolute Gasteiger partial charge is 0.317 e. The van der Waals surface area contributed by atoms with Crippen molar-refractivity contribution in [3.05, 3.63) is 0 Å².